The second kappa shape index (κ2) is 8.22. The summed E-state index contributed by atoms with van der Waals surface area (Å²) < 4.78 is 27.6. The van der Waals surface area contributed by atoms with Gasteiger partial charge < -0.3 is 28.8 Å². The van der Waals surface area contributed by atoms with Crippen LogP contribution >= 0.6 is 0 Å². The van der Waals surface area contributed by atoms with Gasteiger partial charge in [0.25, 0.3) is 0 Å². The van der Waals surface area contributed by atoms with E-state index < -0.39 is 12.2 Å². The number of allylic oxidation sites excluding steroid dienone is 1. The van der Waals surface area contributed by atoms with Crippen LogP contribution in [0.1, 0.15) is 24.2 Å². The molecule has 144 valence electrons. The van der Waals surface area contributed by atoms with E-state index in [0.29, 0.717) is 40.7 Å². The first-order valence-electron chi connectivity index (χ1n) is 8.67. The van der Waals surface area contributed by atoms with Crippen LogP contribution in [0.5, 0.6) is 28.7 Å². The molecule has 0 unspecified atom stereocenters. The van der Waals surface area contributed by atoms with Gasteiger partial charge in [-0.1, -0.05) is 12.1 Å². The van der Waals surface area contributed by atoms with E-state index in [2.05, 4.69) is 6.58 Å². The van der Waals surface area contributed by atoms with E-state index >= 15 is 0 Å². The zero-order valence-corrected chi connectivity index (χ0v) is 15.7. The topological polar surface area (TPSA) is 66.4 Å². The third-order valence-corrected chi connectivity index (χ3v) is 4.39. The summed E-state index contributed by atoms with van der Waals surface area (Å²) in [5, 5.41) is 10.7. The predicted octanol–water partition coefficient (Wildman–Crippen LogP) is 3.66. The summed E-state index contributed by atoms with van der Waals surface area (Å²) in [6.45, 7) is 5.72. The van der Waals surface area contributed by atoms with Gasteiger partial charge in [0.05, 0.1) is 14.2 Å². The maximum Gasteiger partial charge on any atom is 0.231 e. The number of aliphatic hydroxyl groups excluding tert-OH is 1. The summed E-state index contributed by atoms with van der Waals surface area (Å²) in [5.41, 5.74) is 1.67. The molecule has 2 atom stereocenters. The summed E-state index contributed by atoms with van der Waals surface area (Å²) in [5.74, 6) is 2.80. The Kier molecular flexibility index (Phi) is 5.76. The second-order valence-electron chi connectivity index (χ2n) is 6.20. The molecular weight excluding hydrogens is 348 g/mol. The molecule has 6 nitrogen and oxygen atoms in total. The monoisotopic (exact) mass is 372 g/mol. The first-order chi connectivity index (χ1) is 13.1. The van der Waals surface area contributed by atoms with Gasteiger partial charge in [0.15, 0.2) is 23.0 Å². The fourth-order valence-corrected chi connectivity index (χ4v) is 2.95. The molecule has 0 radical (unpaired) electrons. The number of methoxy groups -OCH3 is 2. The Morgan fingerprint density at radius 3 is 2.41 bits per heavy atom. The van der Waals surface area contributed by atoms with Crippen LogP contribution in [-0.2, 0) is 6.42 Å². The molecule has 0 saturated carbocycles. The Morgan fingerprint density at radius 1 is 1.11 bits per heavy atom. The highest BCUT2D eigenvalue weighted by Gasteiger charge is 2.24. The van der Waals surface area contributed by atoms with Crippen molar-refractivity contribution in [2.45, 2.75) is 25.6 Å². The van der Waals surface area contributed by atoms with Crippen molar-refractivity contribution in [3.8, 4) is 28.7 Å². The molecule has 2 aromatic rings. The average Bonchev–Trinajstić information content (AvgIpc) is 3.16. The molecule has 27 heavy (non-hydrogen) atoms. The maximum absolute atomic E-state index is 10.7. The van der Waals surface area contributed by atoms with Crippen LogP contribution in [0.2, 0.25) is 0 Å². The van der Waals surface area contributed by atoms with Gasteiger partial charge in [-0.25, -0.2) is 0 Å². The molecule has 6 heteroatoms. The lowest BCUT2D eigenvalue weighted by atomic mass is 10.0. The van der Waals surface area contributed by atoms with E-state index in [1.165, 1.54) is 0 Å². The number of hydrogen-bond donors (Lipinski definition) is 1. The molecule has 0 saturated heterocycles. The van der Waals surface area contributed by atoms with Crippen LogP contribution in [0.15, 0.2) is 43.0 Å². The Balaban J connectivity index is 1.84. The number of hydrogen-bond acceptors (Lipinski definition) is 6. The smallest absolute Gasteiger partial charge is 0.231 e. The quantitative estimate of drug-likeness (QED) is 0.714. The molecule has 1 N–H and O–H groups in total. The molecule has 0 spiro atoms. The zero-order chi connectivity index (χ0) is 19.4. The fraction of sp³-hybridized carbons (Fsp3) is 0.333. The van der Waals surface area contributed by atoms with E-state index in [0.717, 1.165) is 5.56 Å². The predicted molar refractivity (Wildman–Crippen MR) is 101 cm³/mol. The second-order valence-corrected chi connectivity index (χ2v) is 6.20. The largest absolute Gasteiger partial charge is 0.493 e. The van der Waals surface area contributed by atoms with Gasteiger partial charge in [-0.3, -0.25) is 0 Å². The minimum atomic E-state index is -0.873. The summed E-state index contributed by atoms with van der Waals surface area (Å²) in [6, 6.07) is 9.07. The standard InChI is InChI=1S/C21H24O6/c1-5-6-14-9-18(23-3)21(19(10-14)24-4)27-13(2)20(22)15-7-8-16-17(11-15)26-12-25-16/h5,7-11,13,20,22H,1,6,12H2,2-4H3/t13-,20-/m0/s1. The maximum atomic E-state index is 10.7. The van der Waals surface area contributed by atoms with Crippen molar-refractivity contribution >= 4 is 0 Å². The van der Waals surface area contributed by atoms with Crippen LogP contribution in [0.25, 0.3) is 0 Å². The van der Waals surface area contributed by atoms with Crippen molar-refractivity contribution in [1.82, 2.24) is 0 Å². The van der Waals surface area contributed by atoms with E-state index in [1.54, 1.807) is 45.4 Å². The molecule has 0 aliphatic carbocycles. The first-order valence-corrected chi connectivity index (χ1v) is 8.67. The van der Waals surface area contributed by atoms with Crippen LogP contribution in [0.4, 0.5) is 0 Å². The van der Waals surface area contributed by atoms with Gasteiger partial charge in [0.1, 0.15) is 12.2 Å². The van der Waals surface area contributed by atoms with Gasteiger partial charge in [0.2, 0.25) is 12.5 Å². The van der Waals surface area contributed by atoms with E-state index in [-0.39, 0.29) is 6.79 Å². The molecule has 0 amide bonds. The third kappa shape index (κ3) is 3.95. The molecule has 1 aliphatic rings. The van der Waals surface area contributed by atoms with Crippen LogP contribution in [0, 0.1) is 0 Å². The molecule has 0 fully saturated rings. The number of fused-ring (bicyclic) bond motifs is 1. The number of rotatable bonds is 8. The normalized spacial score (nSPS) is 14.4. The van der Waals surface area contributed by atoms with E-state index in [4.69, 9.17) is 23.7 Å². The lowest BCUT2D eigenvalue weighted by molar-refractivity contribution is 0.0433. The summed E-state index contributed by atoms with van der Waals surface area (Å²) in [7, 11) is 3.14. The summed E-state index contributed by atoms with van der Waals surface area (Å²) in [6.07, 6.45) is 1.06. The molecule has 0 aromatic heterocycles. The fourth-order valence-electron chi connectivity index (χ4n) is 2.95. The number of ether oxygens (including phenoxy) is 5. The van der Waals surface area contributed by atoms with Crippen molar-refractivity contribution in [3.63, 3.8) is 0 Å². The van der Waals surface area contributed by atoms with Crippen molar-refractivity contribution in [1.29, 1.82) is 0 Å². The lowest BCUT2D eigenvalue weighted by Crippen LogP contribution is -2.22. The summed E-state index contributed by atoms with van der Waals surface area (Å²) in [4.78, 5) is 0. The van der Waals surface area contributed by atoms with E-state index in [9.17, 15) is 5.11 Å². The van der Waals surface area contributed by atoms with Gasteiger partial charge in [-0.15, -0.1) is 6.58 Å². The highest BCUT2D eigenvalue weighted by Crippen LogP contribution is 2.41. The minimum absolute atomic E-state index is 0.187. The molecule has 1 heterocycles. The van der Waals surface area contributed by atoms with Crippen LogP contribution in [-0.4, -0.2) is 32.2 Å². The Labute approximate surface area is 158 Å². The zero-order valence-electron chi connectivity index (χ0n) is 15.7. The van der Waals surface area contributed by atoms with Crippen molar-refractivity contribution < 1.29 is 28.8 Å². The van der Waals surface area contributed by atoms with Gasteiger partial charge in [0, 0.05) is 0 Å². The molecule has 3 rings (SSSR count). The number of benzene rings is 2. The Bertz CT molecular complexity index is 791. The van der Waals surface area contributed by atoms with Gasteiger partial charge in [-0.2, -0.15) is 0 Å². The minimum Gasteiger partial charge on any atom is -0.493 e. The highest BCUT2D eigenvalue weighted by atomic mass is 16.7. The van der Waals surface area contributed by atoms with Gasteiger partial charge >= 0.3 is 0 Å². The van der Waals surface area contributed by atoms with Crippen LogP contribution in [0.3, 0.4) is 0 Å². The first kappa shape index (κ1) is 18.9. The van der Waals surface area contributed by atoms with Gasteiger partial charge in [-0.05, 0) is 48.7 Å². The van der Waals surface area contributed by atoms with Crippen molar-refractivity contribution in [2.75, 3.05) is 21.0 Å². The molecule has 1 aliphatic heterocycles. The average molecular weight is 372 g/mol. The Morgan fingerprint density at radius 2 is 1.78 bits per heavy atom. The lowest BCUT2D eigenvalue weighted by Gasteiger charge is -2.24. The Hall–Kier alpha value is -2.86. The molecule has 0 bridgehead atoms. The molecule has 2 aromatic carbocycles. The van der Waals surface area contributed by atoms with Crippen molar-refractivity contribution in [3.05, 3.63) is 54.1 Å². The van der Waals surface area contributed by atoms with Crippen molar-refractivity contribution in [2.24, 2.45) is 0 Å². The third-order valence-electron chi connectivity index (χ3n) is 4.39. The van der Waals surface area contributed by atoms with E-state index in [1.807, 2.05) is 12.1 Å². The molecular formula is C21H24O6. The highest BCUT2D eigenvalue weighted by molar-refractivity contribution is 5.54. The summed E-state index contributed by atoms with van der Waals surface area (Å²) >= 11 is 0. The SMILES string of the molecule is C=CCc1cc(OC)c(O[C@@H](C)[C@H](O)c2ccc3c(c2)OCO3)c(OC)c1. The number of aliphatic hydroxyl groups is 1. The van der Waals surface area contributed by atoms with Crippen LogP contribution < -0.4 is 23.7 Å².